The molecule has 2 saturated heterocycles. The van der Waals surface area contributed by atoms with Crippen LogP contribution in [0.2, 0.25) is 0 Å². The molecule has 0 aliphatic carbocycles. The number of aromatic hydroxyl groups is 1. The normalized spacial score (nSPS) is 30.8. The first-order valence-corrected chi connectivity index (χ1v) is 6.99. The van der Waals surface area contributed by atoms with Crippen LogP contribution >= 0.6 is 0 Å². The van der Waals surface area contributed by atoms with Crippen molar-refractivity contribution >= 4 is 0 Å². The zero-order valence-electron chi connectivity index (χ0n) is 11.1. The van der Waals surface area contributed by atoms with Crippen molar-refractivity contribution in [3.05, 3.63) is 29.8 Å². The molecule has 1 aromatic rings. The first kappa shape index (κ1) is 12.9. The number of hydrogen-bond donors (Lipinski definition) is 2. The van der Waals surface area contributed by atoms with E-state index in [-0.39, 0.29) is 5.60 Å². The maximum absolute atomic E-state index is 9.26. The Bertz CT molecular complexity index is 412. The Hall–Kier alpha value is -1.10. The van der Waals surface area contributed by atoms with Crippen molar-refractivity contribution in [1.29, 1.82) is 0 Å². The van der Waals surface area contributed by atoms with Crippen LogP contribution in [0.25, 0.3) is 0 Å². The highest BCUT2D eigenvalue weighted by Gasteiger charge is 2.40. The summed E-state index contributed by atoms with van der Waals surface area (Å²) in [5.74, 6) is 0.317. The van der Waals surface area contributed by atoms with Crippen molar-refractivity contribution in [2.24, 2.45) is 0 Å². The van der Waals surface area contributed by atoms with Gasteiger partial charge < -0.3 is 19.9 Å². The zero-order chi connectivity index (χ0) is 13.1. The van der Waals surface area contributed by atoms with Crippen LogP contribution in [0.5, 0.6) is 5.75 Å². The highest BCUT2D eigenvalue weighted by molar-refractivity contribution is 5.25. The molecule has 2 N–H and O–H groups in total. The van der Waals surface area contributed by atoms with Gasteiger partial charge in [0.25, 0.3) is 0 Å². The van der Waals surface area contributed by atoms with Gasteiger partial charge in [-0.25, -0.2) is 0 Å². The van der Waals surface area contributed by atoms with Gasteiger partial charge in [-0.2, -0.15) is 0 Å². The molecule has 0 amide bonds. The number of hydrogen-bond acceptors (Lipinski definition) is 4. The molecule has 2 fully saturated rings. The molecule has 1 aromatic carbocycles. The summed E-state index contributed by atoms with van der Waals surface area (Å²) in [6.07, 6.45) is 3.11. The van der Waals surface area contributed by atoms with Crippen LogP contribution in [0.4, 0.5) is 0 Å². The third-order valence-corrected chi connectivity index (χ3v) is 4.09. The number of nitrogens with one attached hydrogen (secondary N) is 1. The predicted octanol–water partition coefficient (Wildman–Crippen LogP) is 1.82. The zero-order valence-corrected chi connectivity index (χ0v) is 11.1. The third kappa shape index (κ3) is 3.08. The van der Waals surface area contributed by atoms with Gasteiger partial charge in [-0.3, -0.25) is 0 Å². The number of phenols is 1. The van der Waals surface area contributed by atoms with Crippen molar-refractivity contribution in [2.45, 2.75) is 37.5 Å². The lowest BCUT2D eigenvalue weighted by Gasteiger charge is -2.37. The summed E-state index contributed by atoms with van der Waals surface area (Å²) in [7, 11) is 0. The molecular formula is C15H21NO3. The van der Waals surface area contributed by atoms with Crippen molar-refractivity contribution in [1.82, 2.24) is 5.32 Å². The number of ether oxygens (including phenoxy) is 2. The van der Waals surface area contributed by atoms with E-state index in [1.54, 1.807) is 12.1 Å². The van der Waals surface area contributed by atoms with Crippen molar-refractivity contribution in [2.75, 3.05) is 19.8 Å². The molecule has 2 unspecified atom stereocenters. The lowest BCUT2D eigenvalue weighted by atomic mass is 9.89. The molecule has 2 aliphatic rings. The van der Waals surface area contributed by atoms with Crippen molar-refractivity contribution < 1.29 is 14.6 Å². The van der Waals surface area contributed by atoms with Gasteiger partial charge in [0.1, 0.15) is 5.75 Å². The fourth-order valence-corrected chi connectivity index (χ4v) is 2.94. The molecule has 3 rings (SSSR count). The Morgan fingerprint density at radius 3 is 2.84 bits per heavy atom. The fraction of sp³-hybridized carbons (Fsp3) is 0.600. The molecule has 2 atom stereocenters. The van der Waals surface area contributed by atoms with Gasteiger partial charge in [-0.1, -0.05) is 12.1 Å². The van der Waals surface area contributed by atoms with Gasteiger partial charge >= 0.3 is 0 Å². The van der Waals surface area contributed by atoms with Gasteiger partial charge in [0.05, 0.1) is 12.2 Å². The van der Waals surface area contributed by atoms with E-state index in [9.17, 15) is 5.11 Å². The van der Waals surface area contributed by atoms with Gasteiger partial charge in [-0.05, 0) is 30.5 Å². The van der Waals surface area contributed by atoms with E-state index in [0.29, 0.717) is 11.8 Å². The maximum atomic E-state index is 9.26. The van der Waals surface area contributed by atoms with Crippen LogP contribution in [0.15, 0.2) is 24.3 Å². The minimum atomic E-state index is -0.0368. The van der Waals surface area contributed by atoms with Gasteiger partial charge in [0, 0.05) is 32.2 Å². The second-order valence-corrected chi connectivity index (χ2v) is 5.57. The topological polar surface area (TPSA) is 50.7 Å². The minimum Gasteiger partial charge on any atom is -0.508 e. The van der Waals surface area contributed by atoms with E-state index >= 15 is 0 Å². The number of phenolic OH excluding ortho intramolecular Hbond substituents is 1. The lowest BCUT2D eigenvalue weighted by Crippen LogP contribution is -2.47. The lowest BCUT2D eigenvalue weighted by molar-refractivity contribution is -0.0894. The van der Waals surface area contributed by atoms with Crippen LogP contribution in [-0.4, -0.2) is 36.6 Å². The molecule has 0 radical (unpaired) electrons. The molecule has 0 saturated carbocycles. The van der Waals surface area contributed by atoms with Gasteiger partial charge in [0.15, 0.2) is 0 Å². The molecule has 2 aliphatic heterocycles. The third-order valence-electron chi connectivity index (χ3n) is 4.09. The van der Waals surface area contributed by atoms with Crippen LogP contribution in [-0.2, 0) is 16.0 Å². The number of rotatable bonds is 3. The summed E-state index contributed by atoms with van der Waals surface area (Å²) < 4.78 is 11.4. The second kappa shape index (κ2) is 5.49. The summed E-state index contributed by atoms with van der Waals surface area (Å²) in [4.78, 5) is 0. The Kier molecular flexibility index (Phi) is 3.73. The van der Waals surface area contributed by atoms with E-state index in [0.717, 1.165) is 45.6 Å². The summed E-state index contributed by atoms with van der Waals surface area (Å²) in [6.45, 7) is 3.22. The fourth-order valence-electron chi connectivity index (χ4n) is 2.94. The van der Waals surface area contributed by atoms with E-state index in [4.69, 9.17) is 9.47 Å². The average Bonchev–Trinajstić information content (AvgIpc) is 2.86. The Morgan fingerprint density at radius 1 is 1.26 bits per heavy atom. The van der Waals surface area contributed by atoms with E-state index < -0.39 is 0 Å². The summed E-state index contributed by atoms with van der Waals surface area (Å²) >= 11 is 0. The van der Waals surface area contributed by atoms with Crippen LogP contribution in [0, 0.1) is 0 Å². The van der Waals surface area contributed by atoms with Crippen LogP contribution in [0.1, 0.15) is 24.8 Å². The van der Waals surface area contributed by atoms with E-state index in [2.05, 4.69) is 5.32 Å². The molecule has 1 spiro atoms. The average molecular weight is 263 g/mol. The predicted molar refractivity (Wildman–Crippen MR) is 72.1 cm³/mol. The molecule has 0 aromatic heterocycles. The largest absolute Gasteiger partial charge is 0.508 e. The first-order chi connectivity index (χ1) is 9.26. The highest BCUT2D eigenvalue weighted by atomic mass is 16.6. The summed E-state index contributed by atoms with van der Waals surface area (Å²) in [5.41, 5.74) is 1.16. The van der Waals surface area contributed by atoms with Gasteiger partial charge in [-0.15, -0.1) is 0 Å². The minimum absolute atomic E-state index is 0.0368. The molecule has 2 heterocycles. The van der Waals surface area contributed by atoms with E-state index in [1.165, 1.54) is 5.56 Å². The second-order valence-electron chi connectivity index (χ2n) is 5.57. The standard InChI is InChI=1S/C15H21NO3/c17-14-3-1-12(2-4-14)10-16-13-5-7-19-15(9-13)6-8-18-11-15/h1-4,13,16-17H,5-11H2. The van der Waals surface area contributed by atoms with E-state index in [1.807, 2.05) is 12.1 Å². The van der Waals surface area contributed by atoms with Crippen LogP contribution < -0.4 is 5.32 Å². The quantitative estimate of drug-likeness (QED) is 0.873. The smallest absolute Gasteiger partial charge is 0.115 e. The molecule has 4 heteroatoms. The monoisotopic (exact) mass is 263 g/mol. The first-order valence-electron chi connectivity index (χ1n) is 6.99. The molecule has 19 heavy (non-hydrogen) atoms. The van der Waals surface area contributed by atoms with Crippen molar-refractivity contribution in [3.8, 4) is 5.75 Å². The highest BCUT2D eigenvalue weighted by Crippen LogP contribution is 2.32. The summed E-state index contributed by atoms with van der Waals surface area (Å²) in [6, 6.07) is 7.86. The van der Waals surface area contributed by atoms with Gasteiger partial charge in [0.2, 0.25) is 0 Å². The molecule has 0 bridgehead atoms. The SMILES string of the molecule is Oc1ccc(CNC2CCOC3(CCOC3)C2)cc1. The Morgan fingerprint density at radius 2 is 2.11 bits per heavy atom. The molecule has 104 valence electrons. The summed E-state index contributed by atoms with van der Waals surface area (Å²) in [5, 5.41) is 12.9. The van der Waals surface area contributed by atoms with Crippen LogP contribution in [0.3, 0.4) is 0 Å². The Balaban J connectivity index is 1.53. The Labute approximate surface area is 113 Å². The molecular weight excluding hydrogens is 242 g/mol. The molecule has 4 nitrogen and oxygen atoms in total. The van der Waals surface area contributed by atoms with Crippen molar-refractivity contribution in [3.63, 3.8) is 0 Å². The maximum Gasteiger partial charge on any atom is 0.115 e. The number of benzene rings is 1.